The Balaban J connectivity index is 1.81. The zero-order valence-electron chi connectivity index (χ0n) is 14.5. The molecule has 1 fully saturated rings. The first-order valence-corrected chi connectivity index (χ1v) is 10.4. The molecule has 2 aromatic carbocycles. The van der Waals surface area contributed by atoms with Crippen LogP contribution in [0.2, 0.25) is 10.0 Å². The van der Waals surface area contributed by atoms with Gasteiger partial charge in [-0.3, -0.25) is 0 Å². The maximum absolute atomic E-state index is 12.9. The smallest absolute Gasteiger partial charge is 0.246 e. The Hall–Kier alpha value is -1.47. The highest BCUT2D eigenvalue weighted by atomic mass is 35.5. The van der Waals surface area contributed by atoms with Gasteiger partial charge in [-0.05, 0) is 37.6 Å². The quantitative estimate of drug-likeness (QED) is 0.828. The second-order valence-electron chi connectivity index (χ2n) is 6.42. The molecule has 0 saturated carbocycles. The van der Waals surface area contributed by atoms with Crippen LogP contribution in [-0.4, -0.2) is 44.0 Å². The Labute approximate surface area is 163 Å². The summed E-state index contributed by atoms with van der Waals surface area (Å²) < 4.78 is 27.2. The third-order valence-electron chi connectivity index (χ3n) is 4.54. The van der Waals surface area contributed by atoms with Crippen LogP contribution in [0.5, 0.6) is 5.75 Å². The predicted octanol–water partition coefficient (Wildman–Crippen LogP) is 3.83. The summed E-state index contributed by atoms with van der Waals surface area (Å²) in [6.45, 7) is 5.87. The van der Waals surface area contributed by atoms with Crippen molar-refractivity contribution in [2.45, 2.75) is 18.7 Å². The highest BCUT2D eigenvalue weighted by Gasteiger charge is 2.32. The average Bonchev–Trinajstić information content (AvgIpc) is 2.58. The Bertz CT molecular complexity index is 940. The highest BCUT2D eigenvalue weighted by Crippen LogP contribution is 2.36. The third kappa shape index (κ3) is 3.64. The van der Waals surface area contributed by atoms with Crippen LogP contribution in [0, 0.1) is 13.8 Å². The van der Waals surface area contributed by atoms with Crippen LogP contribution < -0.4 is 4.90 Å². The van der Waals surface area contributed by atoms with Gasteiger partial charge in [0.25, 0.3) is 0 Å². The first-order valence-electron chi connectivity index (χ1n) is 8.20. The molecule has 0 aliphatic carbocycles. The summed E-state index contributed by atoms with van der Waals surface area (Å²) in [5.41, 5.74) is 3.47. The first kappa shape index (κ1) is 19.3. The molecule has 0 bridgehead atoms. The van der Waals surface area contributed by atoms with Gasteiger partial charge in [-0.15, -0.1) is 0 Å². The fourth-order valence-electron chi connectivity index (χ4n) is 3.21. The van der Waals surface area contributed by atoms with Gasteiger partial charge in [0.2, 0.25) is 10.0 Å². The van der Waals surface area contributed by atoms with Crippen LogP contribution in [0.15, 0.2) is 35.2 Å². The SMILES string of the molecule is Cc1ccc(N2CCN(S(=O)(=O)c3cc(Cl)cc(Cl)c3O)CC2)c(C)c1. The molecule has 1 aliphatic heterocycles. The van der Waals surface area contributed by atoms with Gasteiger partial charge < -0.3 is 10.0 Å². The van der Waals surface area contributed by atoms with Gasteiger partial charge in [0, 0.05) is 36.9 Å². The van der Waals surface area contributed by atoms with E-state index in [1.165, 1.54) is 27.6 Å². The Kier molecular flexibility index (Phi) is 5.40. The summed E-state index contributed by atoms with van der Waals surface area (Å²) in [4.78, 5) is 1.92. The topological polar surface area (TPSA) is 60.9 Å². The van der Waals surface area contributed by atoms with Gasteiger partial charge in [0.05, 0.1) is 5.02 Å². The number of hydrogen-bond donors (Lipinski definition) is 1. The molecule has 0 atom stereocenters. The van der Waals surface area contributed by atoms with Crippen molar-refractivity contribution in [2.75, 3.05) is 31.1 Å². The predicted molar refractivity (Wildman–Crippen MR) is 105 cm³/mol. The Morgan fingerprint density at radius 1 is 1.00 bits per heavy atom. The van der Waals surface area contributed by atoms with E-state index in [1.807, 2.05) is 6.92 Å². The van der Waals surface area contributed by atoms with Crippen molar-refractivity contribution in [3.8, 4) is 5.75 Å². The number of rotatable bonds is 3. The number of phenols is 1. The molecule has 0 unspecified atom stereocenters. The monoisotopic (exact) mass is 414 g/mol. The number of halogens is 2. The maximum atomic E-state index is 12.9. The molecule has 26 heavy (non-hydrogen) atoms. The molecule has 1 aliphatic rings. The summed E-state index contributed by atoms with van der Waals surface area (Å²) in [6, 6.07) is 8.78. The fraction of sp³-hybridized carbons (Fsp3) is 0.333. The summed E-state index contributed by atoms with van der Waals surface area (Å²) in [6.07, 6.45) is 0. The van der Waals surface area contributed by atoms with Gasteiger partial charge in [-0.2, -0.15) is 4.31 Å². The number of anilines is 1. The molecule has 1 heterocycles. The fourth-order valence-corrected chi connectivity index (χ4v) is 5.37. The van der Waals surface area contributed by atoms with E-state index in [2.05, 4.69) is 30.0 Å². The van der Waals surface area contributed by atoms with E-state index in [9.17, 15) is 13.5 Å². The minimum absolute atomic E-state index is 0.0787. The van der Waals surface area contributed by atoms with Crippen molar-refractivity contribution in [3.63, 3.8) is 0 Å². The lowest BCUT2D eigenvalue weighted by Crippen LogP contribution is -2.48. The van der Waals surface area contributed by atoms with Crippen LogP contribution in [0.3, 0.4) is 0 Å². The number of piperazine rings is 1. The summed E-state index contributed by atoms with van der Waals surface area (Å²) in [7, 11) is -3.87. The standard InChI is InChI=1S/C18H20Cl2N2O3S/c1-12-3-4-16(13(2)9-12)21-5-7-22(8-6-21)26(24,25)17-11-14(19)10-15(20)18(17)23/h3-4,9-11,23H,5-8H2,1-2H3. The number of aromatic hydroxyl groups is 1. The van der Waals surface area contributed by atoms with Crippen molar-refractivity contribution in [1.29, 1.82) is 0 Å². The Morgan fingerprint density at radius 3 is 2.27 bits per heavy atom. The molecule has 1 N–H and O–H groups in total. The molecular formula is C18H20Cl2N2O3S. The Morgan fingerprint density at radius 2 is 1.65 bits per heavy atom. The van der Waals surface area contributed by atoms with Gasteiger partial charge in [0.1, 0.15) is 4.90 Å². The summed E-state index contributed by atoms with van der Waals surface area (Å²) in [5, 5.41) is 10.2. The van der Waals surface area contributed by atoms with E-state index in [1.54, 1.807) is 0 Å². The normalized spacial score (nSPS) is 16.1. The average molecular weight is 415 g/mol. The molecule has 0 radical (unpaired) electrons. The lowest BCUT2D eigenvalue weighted by Gasteiger charge is -2.36. The van der Waals surface area contributed by atoms with Gasteiger partial charge >= 0.3 is 0 Å². The largest absolute Gasteiger partial charge is 0.505 e. The molecule has 3 rings (SSSR count). The minimum Gasteiger partial charge on any atom is -0.505 e. The zero-order chi connectivity index (χ0) is 19.1. The van der Waals surface area contributed by atoms with E-state index < -0.39 is 15.8 Å². The molecule has 1 saturated heterocycles. The van der Waals surface area contributed by atoms with Crippen molar-refractivity contribution in [1.82, 2.24) is 4.31 Å². The number of phenolic OH excluding ortho intramolecular Hbond substituents is 1. The summed E-state index contributed by atoms with van der Waals surface area (Å²) in [5.74, 6) is -0.465. The van der Waals surface area contributed by atoms with E-state index in [0.717, 1.165) is 5.69 Å². The van der Waals surface area contributed by atoms with Gasteiger partial charge in [-0.1, -0.05) is 40.9 Å². The maximum Gasteiger partial charge on any atom is 0.246 e. The lowest BCUT2D eigenvalue weighted by atomic mass is 10.1. The van der Waals surface area contributed by atoms with E-state index in [-0.39, 0.29) is 14.9 Å². The molecule has 5 nitrogen and oxygen atoms in total. The highest BCUT2D eigenvalue weighted by molar-refractivity contribution is 7.89. The molecule has 2 aromatic rings. The van der Waals surface area contributed by atoms with Crippen LogP contribution in [-0.2, 0) is 10.0 Å². The van der Waals surface area contributed by atoms with Gasteiger partial charge in [0.15, 0.2) is 5.75 Å². The van der Waals surface area contributed by atoms with Crippen molar-refractivity contribution >= 4 is 38.9 Å². The number of hydrogen-bond acceptors (Lipinski definition) is 4. The number of nitrogens with zero attached hydrogens (tertiary/aromatic N) is 2. The third-order valence-corrected chi connectivity index (χ3v) is 6.96. The molecule has 8 heteroatoms. The lowest BCUT2D eigenvalue weighted by molar-refractivity contribution is 0.380. The number of sulfonamides is 1. The minimum atomic E-state index is -3.87. The van der Waals surface area contributed by atoms with Crippen LogP contribution in [0.1, 0.15) is 11.1 Å². The van der Waals surface area contributed by atoms with E-state index in [4.69, 9.17) is 23.2 Å². The second kappa shape index (κ2) is 7.27. The van der Waals surface area contributed by atoms with Crippen molar-refractivity contribution in [3.05, 3.63) is 51.5 Å². The van der Waals surface area contributed by atoms with E-state index >= 15 is 0 Å². The van der Waals surface area contributed by atoms with Crippen LogP contribution in [0.25, 0.3) is 0 Å². The zero-order valence-corrected chi connectivity index (χ0v) is 16.9. The molecule has 140 valence electrons. The molecular weight excluding hydrogens is 395 g/mol. The number of benzene rings is 2. The van der Waals surface area contributed by atoms with E-state index in [0.29, 0.717) is 26.2 Å². The van der Waals surface area contributed by atoms with Crippen LogP contribution in [0.4, 0.5) is 5.69 Å². The number of aryl methyl sites for hydroxylation is 2. The van der Waals surface area contributed by atoms with Crippen molar-refractivity contribution < 1.29 is 13.5 Å². The van der Waals surface area contributed by atoms with Crippen molar-refractivity contribution in [2.24, 2.45) is 0 Å². The molecule has 0 spiro atoms. The second-order valence-corrected chi connectivity index (χ2v) is 9.17. The molecule has 0 aromatic heterocycles. The molecule has 0 amide bonds. The van der Waals surface area contributed by atoms with Gasteiger partial charge in [-0.25, -0.2) is 8.42 Å². The van der Waals surface area contributed by atoms with Crippen LogP contribution >= 0.6 is 23.2 Å². The first-order chi connectivity index (χ1) is 12.2. The summed E-state index contributed by atoms with van der Waals surface area (Å²) >= 11 is 11.8.